The minimum Gasteiger partial charge on any atom is -0.480 e. The van der Waals surface area contributed by atoms with Gasteiger partial charge in [0.1, 0.15) is 11.5 Å². The monoisotopic (exact) mass is 340 g/mol. The van der Waals surface area contributed by atoms with Crippen LogP contribution in [0, 0.1) is 0 Å². The van der Waals surface area contributed by atoms with E-state index in [1.165, 1.54) is 6.92 Å². The van der Waals surface area contributed by atoms with Crippen molar-refractivity contribution in [3.8, 4) is 0 Å². The van der Waals surface area contributed by atoms with Crippen LogP contribution in [0.25, 0.3) is 0 Å². The molecule has 0 radical (unpaired) electrons. The molecule has 1 aromatic carbocycles. The van der Waals surface area contributed by atoms with Crippen LogP contribution in [0.3, 0.4) is 0 Å². The maximum atomic E-state index is 11.2. The van der Waals surface area contributed by atoms with Crippen LogP contribution < -0.4 is 11.1 Å². The number of nitrogens with one attached hydrogen (secondary N) is 1. The summed E-state index contributed by atoms with van der Waals surface area (Å²) in [6, 6.07) is 7.29. The molecular formula is C14H17BrN2O3. The molecule has 0 saturated carbocycles. The number of aliphatic carboxylic acids is 1. The van der Waals surface area contributed by atoms with E-state index in [-0.39, 0.29) is 5.57 Å². The lowest BCUT2D eigenvalue weighted by molar-refractivity contribution is -0.141. The molecule has 1 rings (SSSR count). The summed E-state index contributed by atoms with van der Waals surface area (Å²) < 4.78 is 0.918. The zero-order valence-electron chi connectivity index (χ0n) is 11.5. The third-order valence-corrected chi connectivity index (χ3v) is 3.52. The number of hydrogen-bond acceptors (Lipinski definition) is 4. The lowest BCUT2D eigenvalue weighted by Gasteiger charge is -2.34. The highest BCUT2D eigenvalue weighted by Gasteiger charge is 2.42. The van der Waals surface area contributed by atoms with Gasteiger partial charge in [-0.25, -0.2) is 9.59 Å². The zero-order chi connectivity index (χ0) is 15.6. The largest absolute Gasteiger partial charge is 0.480 e. The minimum atomic E-state index is -1.78. The first-order chi connectivity index (χ1) is 9.11. The minimum absolute atomic E-state index is 0.0552. The third-order valence-electron chi connectivity index (χ3n) is 2.99. The number of anilines is 1. The van der Waals surface area contributed by atoms with Crippen molar-refractivity contribution in [1.82, 2.24) is 0 Å². The van der Waals surface area contributed by atoms with E-state index in [9.17, 15) is 9.59 Å². The summed E-state index contributed by atoms with van der Waals surface area (Å²) in [5.74, 6) is 0.408. The van der Waals surface area contributed by atoms with E-state index in [2.05, 4.69) is 21.2 Å². The van der Waals surface area contributed by atoms with E-state index in [1.54, 1.807) is 19.8 Å². The highest BCUT2D eigenvalue weighted by molar-refractivity contribution is 9.10. The molecule has 0 aliphatic rings. The molecular weight excluding hydrogens is 324 g/mol. The number of carbonyl (C=O) groups is 1. The van der Waals surface area contributed by atoms with Gasteiger partial charge in [-0.15, -0.1) is 0 Å². The van der Waals surface area contributed by atoms with Crippen LogP contribution in [-0.2, 0) is 9.59 Å². The van der Waals surface area contributed by atoms with Crippen LogP contribution in [0.2, 0.25) is 0 Å². The number of carboxylic acid groups (broad SMARTS) is 1. The zero-order valence-corrected chi connectivity index (χ0v) is 13.1. The second-order valence-corrected chi connectivity index (χ2v) is 6.16. The summed E-state index contributed by atoms with van der Waals surface area (Å²) in [5.41, 5.74) is 3.69. The third kappa shape index (κ3) is 3.48. The molecule has 1 unspecified atom stereocenters. The summed E-state index contributed by atoms with van der Waals surface area (Å²) in [6.45, 7) is 4.65. The summed E-state index contributed by atoms with van der Waals surface area (Å²) in [7, 11) is 0. The highest BCUT2D eigenvalue weighted by Crippen LogP contribution is 2.28. The van der Waals surface area contributed by atoms with Gasteiger partial charge in [-0.05, 0) is 45.0 Å². The summed E-state index contributed by atoms with van der Waals surface area (Å²) in [4.78, 5) is 22.4. The fourth-order valence-corrected chi connectivity index (χ4v) is 2.21. The molecule has 1 atom stereocenters. The molecule has 1 aromatic rings. The van der Waals surface area contributed by atoms with Gasteiger partial charge in [0, 0.05) is 10.2 Å². The molecule has 0 spiro atoms. The first-order valence-corrected chi connectivity index (χ1v) is 6.72. The number of carbonyl (C=O) groups excluding carboxylic acids is 1. The van der Waals surface area contributed by atoms with Crippen molar-refractivity contribution in [2.24, 2.45) is 5.73 Å². The van der Waals surface area contributed by atoms with E-state index < -0.39 is 17.0 Å². The first kappa shape index (κ1) is 16.4. The van der Waals surface area contributed by atoms with Gasteiger partial charge in [0.2, 0.25) is 0 Å². The quantitative estimate of drug-likeness (QED) is 0.714. The van der Waals surface area contributed by atoms with Gasteiger partial charge in [0.25, 0.3) is 0 Å². The molecule has 0 amide bonds. The van der Waals surface area contributed by atoms with Gasteiger partial charge >= 0.3 is 5.97 Å². The molecule has 4 N–H and O–H groups in total. The molecule has 0 aromatic heterocycles. The highest BCUT2D eigenvalue weighted by atomic mass is 79.9. The standard InChI is InChI=1S/C14H17BrN2O3/c1-13(2,11(8-18)14(3,16)12(19)20)17-10-6-4-9(15)5-7-10/h4-7,17H,16H2,1-3H3,(H,19,20). The Labute approximate surface area is 126 Å². The van der Waals surface area contributed by atoms with E-state index in [0.29, 0.717) is 0 Å². The lowest BCUT2D eigenvalue weighted by Crippen LogP contribution is -2.54. The summed E-state index contributed by atoms with van der Waals surface area (Å²) in [5, 5.41) is 12.2. The SMILES string of the molecule is CC(C)(Nc1ccc(Br)cc1)C(=C=O)C(C)(N)C(=O)O. The van der Waals surface area contributed by atoms with Crippen molar-refractivity contribution in [1.29, 1.82) is 0 Å². The van der Waals surface area contributed by atoms with Crippen molar-refractivity contribution >= 4 is 33.5 Å². The molecule has 0 fully saturated rings. The van der Waals surface area contributed by atoms with Gasteiger partial charge in [-0.1, -0.05) is 15.9 Å². The average molecular weight is 341 g/mol. The van der Waals surface area contributed by atoms with Crippen LogP contribution in [0.5, 0.6) is 0 Å². The first-order valence-electron chi connectivity index (χ1n) is 5.93. The van der Waals surface area contributed by atoms with Crippen molar-refractivity contribution in [3.05, 3.63) is 34.3 Å². The molecule has 5 nitrogen and oxygen atoms in total. The summed E-state index contributed by atoms with van der Waals surface area (Å²) >= 11 is 3.33. The number of carboxylic acids is 1. The maximum Gasteiger partial charge on any atom is 0.328 e. The van der Waals surface area contributed by atoms with Crippen LogP contribution in [-0.4, -0.2) is 28.1 Å². The van der Waals surface area contributed by atoms with Gasteiger partial charge < -0.3 is 16.2 Å². The Morgan fingerprint density at radius 3 is 2.20 bits per heavy atom. The molecule has 20 heavy (non-hydrogen) atoms. The van der Waals surface area contributed by atoms with Crippen LogP contribution in [0.4, 0.5) is 5.69 Å². The fraction of sp³-hybridized carbons (Fsp3) is 0.357. The predicted octanol–water partition coefficient (Wildman–Crippen LogP) is 2.20. The number of rotatable bonds is 5. The van der Waals surface area contributed by atoms with Gasteiger partial charge in [0.15, 0.2) is 0 Å². The van der Waals surface area contributed by atoms with Gasteiger partial charge in [-0.2, -0.15) is 0 Å². The molecule has 0 aliphatic carbocycles. The van der Waals surface area contributed by atoms with Crippen molar-refractivity contribution in [2.75, 3.05) is 5.32 Å². The van der Waals surface area contributed by atoms with E-state index in [0.717, 1.165) is 10.2 Å². The number of hydrogen-bond donors (Lipinski definition) is 3. The number of nitrogens with two attached hydrogens (primary N) is 1. The van der Waals surface area contributed by atoms with E-state index in [1.807, 2.05) is 24.3 Å². The normalized spacial score (nSPS) is 14.1. The van der Waals surface area contributed by atoms with Crippen LogP contribution in [0.15, 0.2) is 34.3 Å². The predicted molar refractivity (Wildman–Crippen MR) is 81.3 cm³/mol. The maximum absolute atomic E-state index is 11.2. The van der Waals surface area contributed by atoms with E-state index in [4.69, 9.17) is 10.8 Å². The fourth-order valence-electron chi connectivity index (χ4n) is 1.95. The molecule has 0 aliphatic heterocycles. The Morgan fingerprint density at radius 1 is 1.30 bits per heavy atom. The average Bonchev–Trinajstić information content (AvgIpc) is 2.31. The Balaban J connectivity index is 3.11. The van der Waals surface area contributed by atoms with Gasteiger partial charge in [0.05, 0.1) is 11.1 Å². The van der Waals surface area contributed by atoms with Crippen LogP contribution in [0.1, 0.15) is 20.8 Å². The lowest BCUT2D eigenvalue weighted by atomic mass is 9.80. The number of halogens is 1. The Hall–Kier alpha value is -1.62. The van der Waals surface area contributed by atoms with Crippen molar-refractivity contribution < 1.29 is 14.7 Å². The van der Waals surface area contributed by atoms with Crippen molar-refractivity contribution in [3.63, 3.8) is 0 Å². The van der Waals surface area contributed by atoms with E-state index >= 15 is 0 Å². The topological polar surface area (TPSA) is 92.4 Å². The molecule has 0 bridgehead atoms. The van der Waals surface area contributed by atoms with Crippen molar-refractivity contribution in [2.45, 2.75) is 31.8 Å². The second-order valence-electron chi connectivity index (χ2n) is 5.24. The van der Waals surface area contributed by atoms with Crippen LogP contribution >= 0.6 is 15.9 Å². The Bertz CT molecular complexity index is 558. The number of benzene rings is 1. The molecule has 108 valence electrons. The summed E-state index contributed by atoms with van der Waals surface area (Å²) in [6.07, 6.45) is 0. The van der Waals surface area contributed by atoms with Gasteiger partial charge in [-0.3, -0.25) is 0 Å². The Kier molecular flexibility index (Phi) is 4.76. The smallest absolute Gasteiger partial charge is 0.328 e. The molecule has 6 heteroatoms. The molecule has 0 saturated heterocycles. The second kappa shape index (κ2) is 5.79. The molecule has 0 heterocycles. The Morgan fingerprint density at radius 2 is 1.80 bits per heavy atom.